The number of tetrazole rings is 1. The number of ether oxygens (including phenoxy) is 1. The molecule has 4 rings (SSSR count). The van der Waals surface area contributed by atoms with E-state index in [1.165, 1.54) is 0 Å². The molecule has 1 aromatic heterocycles. The first-order valence-electron chi connectivity index (χ1n) is 11.4. The smallest absolute Gasteiger partial charge is 0.251 e. The average Bonchev–Trinajstić information content (AvgIpc) is 3.41. The molecule has 0 atom stereocenters. The number of aromatic nitrogens is 4. The predicted octanol–water partition coefficient (Wildman–Crippen LogP) is 3.37. The number of carbonyl (C=O) groups is 2. The van der Waals surface area contributed by atoms with Gasteiger partial charge in [-0.25, -0.2) is 0 Å². The molecule has 0 unspecified atom stereocenters. The van der Waals surface area contributed by atoms with Crippen molar-refractivity contribution in [2.45, 2.75) is 31.6 Å². The molecule has 3 aromatic rings. The highest BCUT2D eigenvalue weighted by molar-refractivity contribution is 6.30. The molecule has 0 saturated heterocycles. The van der Waals surface area contributed by atoms with Crippen LogP contribution in [0.5, 0.6) is 5.75 Å². The summed E-state index contributed by atoms with van der Waals surface area (Å²) < 4.78 is 5.94. The fraction of sp³-hybridized carbons (Fsp3) is 0.375. The minimum atomic E-state index is -0.212. The van der Waals surface area contributed by atoms with Gasteiger partial charge in [-0.15, -0.1) is 10.2 Å². The lowest BCUT2D eigenvalue weighted by atomic mass is 9.82. The Bertz CT molecular complexity index is 1070. The Kier molecular flexibility index (Phi) is 8.08. The highest BCUT2D eigenvalue weighted by Gasteiger charge is 2.25. The lowest BCUT2D eigenvalue weighted by Crippen LogP contribution is -2.34. The number of halogens is 1. The van der Waals surface area contributed by atoms with Crippen LogP contribution >= 0.6 is 11.6 Å². The molecule has 9 nitrogen and oxygen atoms in total. The molecule has 3 N–H and O–H groups in total. The molecular formula is C24H27ClN6O3. The summed E-state index contributed by atoms with van der Waals surface area (Å²) in [5.74, 6) is 2.00. The Balaban J connectivity index is 1.14. The second-order valence-corrected chi connectivity index (χ2v) is 8.78. The number of amides is 2. The zero-order valence-electron chi connectivity index (χ0n) is 18.7. The van der Waals surface area contributed by atoms with Crippen molar-refractivity contribution in [1.29, 1.82) is 0 Å². The molecule has 10 heteroatoms. The van der Waals surface area contributed by atoms with Gasteiger partial charge in [0.15, 0.2) is 5.82 Å². The minimum Gasteiger partial charge on any atom is -0.493 e. The van der Waals surface area contributed by atoms with E-state index in [9.17, 15) is 9.59 Å². The normalized spacial score (nSPS) is 17.7. The molecule has 1 fully saturated rings. The van der Waals surface area contributed by atoms with E-state index in [-0.39, 0.29) is 11.8 Å². The van der Waals surface area contributed by atoms with Crippen LogP contribution in [0.25, 0.3) is 0 Å². The van der Waals surface area contributed by atoms with Crippen LogP contribution < -0.4 is 15.4 Å². The van der Waals surface area contributed by atoms with E-state index in [4.69, 9.17) is 16.3 Å². The number of aromatic amines is 1. The molecule has 2 amide bonds. The van der Waals surface area contributed by atoms with Crippen molar-refractivity contribution in [2.75, 3.05) is 19.7 Å². The van der Waals surface area contributed by atoms with Gasteiger partial charge in [0.1, 0.15) is 5.75 Å². The van der Waals surface area contributed by atoms with E-state index >= 15 is 0 Å². The second-order valence-electron chi connectivity index (χ2n) is 8.34. The molecule has 34 heavy (non-hydrogen) atoms. The van der Waals surface area contributed by atoms with Gasteiger partial charge in [-0.3, -0.25) is 9.59 Å². The second kappa shape index (κ2) is 11.6. The van der Waals surface area contributed by atoms with E-state index in [1.807, 2.05) is 12.1 Å². The maximum Gasteiger partial charge on any atom is 0.251 e. The third kappa shape index (κ3) is 6.54. The number of hydrogen-bond acceptors (Lipinski definition) is 6. The van der Waals surface area contributed by atoms with E-state index in [0.29, 0.717) is 47.7 Å². The Labute approximate surface area is 202 Å². The van der Waals surface area contributed by atoms with Crippen molar-refractivity contribution in [3.8, 4) is 5.75 Å². The molecule has 178 valence electrons. The monoisotopic (exact) mass is 482 g/mol. The maximum absolute atomic E-state index is 12.3. The molecular weight excluding hydrogens is 456 g/mol. The number of carbonyl (C=O) groups excluding carboxylic acids is 2. The van der Waals surface area contributed by atoms with Crippen LogP contribution in [0.4, 0.5) is 0 Å². The lowest BCUT2D eigenvalue weighted by molar-refractivity contribution is 0.0927. The zero-order valence-corrected chi connectivity index (χ0v) is 19.4. The van der Waals surface area contributed by atoms with Crippen molar-refractivity contribution in [3.05, 3.63) is 70.5 Å². The first-order valence-corrected chi connectivity index (χ1v) is 11.7. The highest BCUT2D eigenvalue weighted by Crippen LogP contribution is 2.34. The summed E-state index contributed by atoms with van der Waals surface area (Å²) in [7, 11) is 0. The quantitative estimate of drug-likeness (QED) is 0.402. The van der Waals surface area contributed by atoms with E-state index in [2.05, 4.69) is 31.3 Å². The fourth-order valence-electron chi connectivity index (χ4n) is 4.00. The first kappa shape index (κ1) is 23.7. The van der Waals surface area contributed by atoms with Gasteiger partial charge in [-0.2, -0.15) is 5.21 Å². The summed E-state index contributed by atoms with van der Waals surface area (Å²) in [6.07, 6.45) is 4.20. The van der Waals surface area contributed by atoms with Gasteiger partial charge in [0.2, 0.25) is 0 Å². The summed E-state index contributed by atoms with van der Waals surface area (Å²) in [5, 5.41) is 20.5. The van der Waals surface area contributed by atoms with E-state index in [1.54, 1.807) is 36.4 Å². The molecule has 0 aliphatic heterocycles. The number of hydrogen-bond donors (Lipinski definition) is 3. The van der Waals surface area contributed by atoms with E-state index < -0.39 is 0 Å². The average molecular weight is 483 g/mol. The predicted molar refractivity (Wildman–Crippen MR) is 127 cm³/mol. The van der Waals surface area contributed by atoms with Crippen LogP contribution in [0.1, 0.15) is 58.1 Å². The standard InChI is InChI=1S/C24H27ClN6O3/c25-20-9-5-18(6-10-20)23(32)26-13-14-27-24(33)19-7-11-21(12-8-19)34-15-16-1-3-17(4-2-16)22-28-30-31-29-22/h5-12,16-17H,1-4,13-15H2,(H,26,32)(H,27,33)(H,28,29,30,31). The van der Waals surface area contributed by atoms with Crippen LogP contribution in [0.2, 0.25) is 5.02 Å². The van der Waals surface area contributed by atoms with Gasteiger partial charge >= 0.3 is 0 Å². The van der Waals surface area contributed by atoms with Crippen molar-refractivity contribution in [3.63, 3.8) is 0 Å². The largest absolute Gasteiger partial charge is 0.493 e. The van der Waals surface area contributed by atoms with E-state index in [0.717, 1.165) is 37.3 Å². The zero-order chi connectivity index (χ0) is 23.8. The number of rotatable bonds is 9. The third-order valence-electron chi connectivity index (χ3n) is 5.98. The third-order valence-corrected chi connectivity index (χ3v) is 6.23. The van der Waals surface area contributed by atoms with Crippen molar-refractivity contribution in [2.24, 2.45) is 5.92 Å². The minimum absolute atomic E-state index is 0.202. The van der Waals surface area contributed by atoms with Crippen molar-refractivity contribution < 1.29 is 14.3 Å². The maximum atomic E-state index is 12.3. The van der Waals surface area contributed by atoms with Crippen molar-refractivity contribution >= 4 is 23.4 Å². The summed E-state index contributed by atoms with van der Waals surface area (Å²) in [6, 6.07) is 13.7. The topological polar surface area (TPSA) is 122 Å². The van der Waals surface area contributed by atoms with Gasteiger partial charge in [0.05, 0.1) is 6.61 Å². The van der Waals surface area contributed by atoms with Crippen LogP contribution in [0, 0.1) is 5.92 Å². The van der Waals surface area contributed by atoms with Crippen LogP contribution in [0.3, 0.4) is 0 Å². The Morgan fingerprint density at radius 3 is 2.06 bits per heavy atom. The molecule has 1 heterocycles. The van der Waals surface area contributed by atoms with Crippen LogP contribution in [0.15, 0.2) is 48.5 Å². The Hall–Kier alpha value is -3.46. The highest BCUT2D eigenvalue weighted by atomic mass is 35.5. The lowest BCUT2D eigenvalue weighted by Gasteiger charge is -2.26. The number of nitrogens with zero attached hydrogens (tertiary/aromatic N) is 3. The van der Waals surface area contributed by atoms with Gasteiger partial charge in [0.25, 0.3) is 11.8 Å². The molecule has 0 radical (unpaired) electrons. The number of nitrogens with one attached hydrogen (secondary N) is 3. The number of H-pyrrole nitrogens is 1. The summed E-state index contributed by atoms with van der Waals surface area (Å²) in [5.41, 5.74) is 1.06. The molecule has 2 aromatic carbocycles. The molecule has 0 spiro atoms. The first-order chi connectivity index (χ1) is 16.6. The van der Waals surface area contributed by atoms with Crippen LogP contribution in [-0.2, 0) is 0 Å². The van der Waals surface area contributed by atoms with Crippen LogP contribution in [-0.4, -0.2) is 52.1 Å². The molecule has 1 aliphatic carbocycles. The van der Waals surface area contributed by atoms with Gasteiger partial charge in [-0.1, -0.05) is 16.8 Å². The summed E-state index contributed by atoms with van der Waals surface area (Å²) in [4.78, 5) is 24.4. The van der Waals surface area contributed by atoms with Gasteiger partial charge in [-0.05, 0) is 80.1 Å². The molecule has 1 aliphatic rings. The fourth-order valence-corrected chi connectivity index (χ4v) is 4.13. The summed E-state index contributed by atoms with van der Waals surface area (Å²) in [6.45, 7) is 1.30. The molecule has 0 bridgehead atoms. The summed E-state index contributed by atoms with van der Waals surface area (Å²) >= 11 is 5.83. The van der Waals surface area contributed by atoms with Crippen molar-refractivity contribution in [1.82, 2.24) is 31.3 Å². The van der Waals surface area contributed by atoms with Gasteiger partial charge < -0.3 is 15.4 Å². The SMILES string of the molecule is O=C(NCCNC(=O)c1ccc(OCC2CCC(c3nn[nH]n3)CC2)cc1)c1ccc(Cl)cc1. The Morgan fingerprint density at radius 1 is 0.912 bits per heavy atom. The molecule has 1 saturated carbocycles. The Morgan fingerprint density at radius 2 is 1.50 bits per heavy atom. The van der Waals surface area contributed by atoms with Gasteiger partial charge in [0, 0.05) is 35.2 Å². The number of benzene rings is 2.